The molecule has 0 spiro atoms. The van der Waals surface area contributed by atoms with Gasteiger partial charge in [0.25, 0.3) is 0 Å². The highest BCUT2D eigenvalue weighted by atomic mass is 32.1. The molecule has 4 nitrogen and oxygen atoms in total. The van der Waals surface area contributed by atoms with Crippen molar-refractivity contribution in [3.63, 3.8) is 0 Å². The van der Waals surface area contributed by atoms with Crippen molar-refractivity contribution in [1.29, 1.82) is 0 Å². The quantitative estimate of drug-likeness (QED) is 0.904. The molecular weight excluding hydrogens is 234 g/mol. The molecule has 2 aromatic rings. The van der Waals surface area contributed by atoms with Gasteiger partial charge in [0.2, 0.25) is 0 Å². The summed E-state index contributed by atoms with van der Waals surface area (Å²) in [5, 5.41) is 6.32. The second kappa shape index (κ2) is 4.89. The van der Waals surface area contributed by atoms with E-state index in [1.165, 1.54) is 0 Å². The first kappa shape index (κ1) is 12.1. The number of hydrogen-bond donors (Lipinski definition) is 1. The van der Waals surface area contributed by atoms with E-state index in [4.69, 9.17) is 10.5 Å². The summed E-state index contributed by atoms with van der Waals surface area (Å²) in [7, 11) is 3.62. The highest BCUT2D eigenvalue weighted by molar-refractivity contribution is 7.10. The largest absolute Gasteiger partial charge is 0.496 e. The van der Waals surface area contributed by atoms with Crippen LogP contribution in [0.4, 0.5) is 0 Å². The zero-order valence-electron chi connectivity index (χ0n) is 10.3. The minimum Gasteiger partial charge on any atom is -0.496 e. The van der Waals surface area contributed by atoms with Crippen molar-refractivity contribution in [1.82, 2.24) is 9.78 Å². The van der Waals surface area contributed by atoms with E-state index in [0.29, 0.717) is 0 Å². The molecule has 0 aliphatic heterocycles. The van der Waals surface area contributed by atoms with Crippen LogP contribution in [0.15, 0.2) is 17.5 Å². The van der Waals surface area contributed by atoms with Gasteiger partial charge in [0.05, 0.1) is 17.7 Å². The van der Waals surface area contributed by atoms with Crippen LogP contribution in [-0.4, -0.2) is 16.9 Å². The number of nitrogens with two attached hydrogens (primary N) is 1. The molecule has 0 saturated heterocycles. The third-order valence-corrected chi connectivity index (χ3v) is 3.77. The molecule has 0 saturated carbocycles. The lowest BCUT2D eigenvalue weighted by Crippen LogP contribution is -2.14. The molecule has 17 heavy (non-hydrogen) atoms. The first-order valence-electron chi connectivity index (χ1n) is 5.48. The average Bonchev–Trinajstić information content (AvgIpc) is 2.85. The predicted octanol–water partition coefficient (Wildman–Crippen LogP) is 2.04. The summed E-state index contributed by atoms with van der Waals surface area (Å²) in [4.78, 5) is 1.09. The summed E-state index contributed by atoms with van der Waals surface area (Å²) in [5.74, 6) is 0.876. The Balaban J connectivity index is 2.16. The lowest BCUT2D eigenvalue weighted by molar-refractivity contribution is 0.408. The molecule has 2 heterocycles. The van der Waals surface area contributed by atoms with E-state index in [9.17, 15) is 0 Å². The van der Waals surface area contributed by atoms with Crippen LogP contribution < -0.4 is 10.5 Å². The standard InChI is InChI=1S/C12H17N3OS/c1-8-6-9(15(2)14-8)7-10(13)12-11(16-3)4-5-17-12/h4-6,10H,7,13H2,1-3H3. The smallest absolute Gasteiger partial charge is 0.134 e. The van der Waals surface area contributed by atoms with Gasteiger partial charge in [-0.2, -0.15) is 5.10 Å². The van der Waals surface area contributed by atoms with Crippen LogP contribution in [0.5, 0.6) is 5.75 Å². The summed E-state index contributed by atoms with van der Waals surface area (Å²) in [6, 6.07) is 3.98. The normalized spacial score (nSPS) is 12.7. The van der Waals surface area contributed by atoms with E-state index < -0.39 is 0 Å². The Labute approximate surface area is 105 Å². The highest BCUT2D eigenvalue weighted by Gasteiger charge is 2.16. The van der Waals surface area contributed by atoms with Crippen LogP contribution in [-0.2, 0) is 13.5 Å². The van der Waals surface area contributed by atoms with Crippen molar-refractivity contribution in [2.24, 2.45) is 12.8 Å². The van der Waals surface area contributed by atoms with Crippen molar-refractivity contribution >= 4 is 11.3 Å². The maximum atomic E-state index is 6.22. The minimum absolute atomic E-state index is 0.0419. The van der Waals surface area contributed by atoms with Gasteiger partial charge in [-0.15, -0.1) is 11.3 Å². The fourth-order valence-electron chi connectivity index (χ4n) is 1.92. The van der Waals surface area contributed by atoms with Crippen molar-refractivity contribution in [3.8, 4) is 5.75 Å². The summed E-state index contributed by atoms with van der Waals surface area (Å²) >= 11 is 1.63. The molecule has 0 amide bonds. The van der Waals surface area contributed by atoms with Gasteiger partial charge in [-0.25, -0.2) is 0 Å². The van der Waals surface area contributed by atoms with E-state index in [-0.39, 0.29) is 6.04 Å². The van der Waals surface area contributed by atoms with Crippen LogP contribution in [0.3, 0.4) is 0 Å². The van der Waals surface area contributed by atoms with Gasteiger partial charge in [0, 0.05) is 25.2 Å². The van der Waals surface area contributed by atoms with Crippen LogP contribution in [0.2, 0.25) is 0 Å². The molecule has 0 fully saturated rings. The Morgan fingerprint density at radius 3 is 2.94 bits per heavy atom. The number of ether oxygens (including phenoxy) is 1. The Morgan fingerprint density at radius 2 is 2.35 bits per heavy atom. The summed E-state index contributed by atoms with van der Waals surface area (Å²) < 4.78 is 7.17. The molecule has 0 bridgehead atoms. The van der Waals surface area contributed by atoms with Crippen LogP contribution in [0.1, 0.15) is 22.3 Å². The fourth-order valence-corrected chi connectivity index (χ4v) is 2.79. The molecular formula is C12H17N3OS. The van der Waals surface area contributed by atoms with Gasteiger partial charge in [0.15, 0.2) is 0 Å². The van der Waals surface area contributed by atoms with E-state index in [1.54, 1.807) is 18.4 Å². The molecule has 1 atom stereocenters. The van der Waals surface area contributed by atoms with Gasteiger partial charge in [-0.1, -0.05) is 0 Å². The minimum atomic E-state index is -0.0419. The van der Waals surface area contributed by atoms with E-state index in [1.807, 2.05) is 30.1 Å². The number of methoxy groups -OCH3 is 1. The Bertz CT molecular complexity index is 504. The van der Waals surface area contributed by atoms with Crippen molar-refractivity contribution in [2.45, 2.75) is 19.4 Å². The maximum absolute atomic E-state index is 6.22. The van der Waals surface area contributed by atoms with Crippen molar-refractivity contribution in [3.05, 3.63) is 33.8 Å². The second-order valence-corrected chi connectivity index (χ2v) is 5.01. The van der Waals surface area contributed by atoms with Crippen molar-refractivity contribution in [2.75, 3.05) is 7.11 Å². The molecule has 2 aromatic heterocycles. The number of nitrogens with zero attached hydrogens (tertiary/aromatic N) is 2. The van der Waals surface area contributed by atoms with Gasteiger partial charge in [-0.3, -0.25) is 4.68 Å². The Kier molecular flexibility index (Phi) is 3.49. The first-order valence-corrected chi connectivity index (χ1v) is 6.36. The SMILES string of the molecule is COc1ccsc1C(N)Cc1cc(C)nn1C. The van der Waals surface area contributed by atoms with Gasteiger partial charge >= 0.3 is 0 Å². The monoisotopic (exact) mass is 251 g/mol. The molecule has 5 heteroatoms. The molecule has 0 aliphatic rings. The number of aromatic nitrogens is 2. The molecule has 0 aliphatic carbocycles. The lowest BCUT2D eigenvalue weighted by Gasteiger charge is -2.11. The Hall–Kier alpha value is -1.33. The van der Waals surface area contributed by atoms with Gasteiger partial charge in [0.1, 0.15) is 5.75 Å². The van der Waals surface area contributed by atoms with Crippen LogP contribution in [0, 0.1) is 6.92 Å². The van der Waals surface area contributed by atoms with Crippen LogP contribution in [0.25, 0.3) is 0 Å². The molecule has 1 unspecified atom stereocenters. The summed E-state index contributed by atoms with van der Waals surface area (Å²) in [5.41, 5.74) is 8.38. The number of aryl methyl sites for hydroxylation is 2. The zero-order chi connectivity index (χ0) is 12.4. The van der Waals surface area contributed by atoms with Gasteiger partial charge in [-0.05, 0) is 24.4 Å². The molecule has 92 valence electrons. The average molecular weight is 251 g/mol. The number of hydrogen-bond acceptors (Lipinski definition) is 4. The predicted molar refractivity (Wildman–Crippen MR) is 69.4 cm³/mol. The highest BCUT2D eigenvalue weighted by Crippen LogP contribution is 2.31. The van der Waals surface area contributed by atoms with Crippen molar-refractivity contribution < 1.29 is 4.74 Å². The number of rotatable bonds is 4. The lowest BCUT2D eigenvalue weighted by atomic mass is 10.1. The summed E-state index contributed by atoms with van der Waals surface area (Å²) in [6.45, 7) is 1.99. The molecule has 2 rings (SSSR count). The third kappa shape index (κ3) is 2.50. The van der Waals surface area contributed by atoms with Gasteiger partial charge < -0.3 is 10.5 Å². The first-order chi connectivity index (χ1) is 8.11. The van der Waals surface area contributed by atoms with E-state index >= 15 is 0 Å². The zero-order valence-corrected chi connectivity index (χ0v) is 11.1. The molecule has 0 radical (unpaired) electrons. The third-order valence-electron chi connectivity index (χ3n) is 2.74. The van der Waals surface area contributed by atoms with E-state index in [2.05, 4.69) is 11.2 Å². The molecule has 0 aromatic carbocycles. The number of thiophene rings is 1. The summed E-state index contributed by atoms with van der Waals surface area (Å²) in [6.07, 6.45) is 0.772. The maximum Gasteiger partial charge on any atom is 0.134 e. The fraction of sp³-hybridized carbons (Fsp3) is 0.417. The topological polar surface area (TPSA) is 53.1 Å². The second-order valence-electron chi connectivity index (χ2n) is 4.06. The van der Waals surface area contributed by atoms with Crippen LogP contribution >= 0.6 is 11.3 Å². The molecule has 2 N–H and O–H groups in total. The Morgan fingerprint density at radius 1 is 1.59 bits per heavy atom. The van der Waals surface area contributed by atoms with E-state index in [0.717, 1.165) is 28.4 Å².